The van der Waals surface area contributed by atoms with Crippen molar-refractivity contribution in [3.63, 3.8) is 0 Å². The van der Waals surface area contributed by atoms with Crippen LogP contribution in [-0.4, -0.2) is 80.5 Å². The average Bonchev–Trinajstić information content (AvgIpc) is 3.32. The Morgan fingerprint density at radius 1 is 1.20 bits per heavy atom. The van der Waals surface area contributed by atoms with E-state index in [0.29, 0.717) is 52.8 Å². The molecule has 41 heavy (non-hydrogen) atoms. The number of pyridine rings is 1. The zero-order valence-electron chi connectivity index (χ0n) is 23.1. The maximum Gasteiger partial charge on any atom is 0.408 e. The fourth-order valence-electron chi connectivity index (χ4n) is 6.87. The van der Waals surface area contributed by atoms with Crippen LogP contribution in [0.15, 0.2) is 18.5 Å². The second-order valence-electron chi connectivity index (χ2n) is 12.3. The number of carbonyl (C=O) groups is 1. The van der Waals surface area contributed by atoms with Crippen LogP contribution in [0.4, 0.5) is 29.5 Å². The Bertz CT molecular complexity index is 1440. The molecule has 2 saturated carbocycles. The van der Waals surface area contributed by atoms with Crippen LogP contribution in [0, 0.1) is 11.8 Å². The van der Waals surface area contributed by atoms with Crippen LogP contribution < -0.4 is 10.2 Å². The maximum atomic E-state index is 13.5. The minimum atomic E-state index is -4.44. The molecule has 2 aliphatic heterocycles. The highest BCUT2D eigenvalue weighted by Gasteiger charge is 2.53. The molecule has 2 aliphatic carbocycles. The van der Waals surface area contributed by atoms with E-state index in [0.717, 1.165) is 42.8 Å². The lowest BCUT2D eigenvalue weighted by atomic mass is 9.75. The van der Waals surface area contributed by atoms with Crippen LogP contribution in [0.25, 0.3) is 22.3 Å². The van der Waals surface area contributed by atoms with E-state index < -0.39 is 12.7 Å². The number of hydrogen-bond donors (Lipinski definition) is 2. The summed E-state index contributed by atoms with van der Waals surface area (Å²) in [5.74, 6) is 2.01. The first-order valence-corrected chi connectivity index (χ1v) is 14.5. The van der Waals surface area contributed by atoms with E-state index in [1.54, 1.807) is 19.4 Å². The summed E-state index contributed by atoms with van der Waals surface area (Å²) in [4.78, 5) is 21.9. The third-order valence-electron chi connectivity index (χ3n) is 9.53. The Morgan fingerprint density at radius 3 is 2.68 bits per heavy atom. The number of methoxy groups -OCH3 is 1. The van der Waals surface area contributed by atoms with Crippen LogP contribution >= 0.6 is 0 Å². The summed E-state index contributed by atoms with van der Waals surface area (Å²) in [7, 11) is 1.61. The van der Waals surface area contributed by atoms with Gasteiger partial charge in [0.1, 0.15) is 12.2 Å². The van der Waals surface area contributed by atoms with Gasteiger partial charge in [0.2, 0.25) is 0 Å². The Kier molecular flexibility index (Phi) is 6.40. The smallest absolute Gasteiger partial charge is 0.378 e. The molecule has 1 atom stereocenters. The summed E-state index contributed by atoms with van der Waals surface area (Å²) in [6.45, 7) is 0.610. The molecule has 4 fully saturated rings. The quantitative estimate of drug-likeness (QED) is 0.404. The van der Waals surface area contributed by atoms with Crippen LogP contribution in [-0.2, 0) is 11.3 Å². The Balaban J connectivity index is 1.11. The summed E-state index contributed by atoms with van der Waals surface area (Å²) in [5, 5.41) is 14.8. The second-order valence-corrected chi connectivity index (χ2v) is 12.3. The molecule has 0 bridgehead atoms. The number of aromatic nitrogens is 5. The molecule has 1 unspecified atom stereocenters. The van der Waals surface area contributed by atoms with Gasteiger partial charge in [-0.2, -0.15) is 23.4 Å². The van der Waals surface area contributed by atoms with E-state index in [1.807, 2.05) is 9.80 Å². The number of amides is 2. The molecule has 3 aromatic rings. The summed E-state index contributed by atoms with van der Waals surface area (Å²) in [6.07, 6.45) is 8.13. The molecule has 5 heterocycles. The van der Waals surface area contributed by atoms with Gasteiger partial charge in [0.05, 0.1) is 34.6 Å². The number of piperidine rings is 1. The molecular formula is C28H35F3N8O2. The number of fused-ring (bicyclic) bond motifs is 1. The van der Waals surface area contributed by atoms with Gasteiger partial charge in [-0.15, -0.1) is 0 Å². The number of ether oxygens (including phenoxy) is 1. The number of rotatable bonds is 7. The van der Waals surface area contributed by atoms with Crippen LogP contribution in [0.3, 0.4) is 0 Å². The standard InChI is InChI=1S/C28H35F3N8O2/c1-41-19-14-37(15-19)25-20-12-32-21(10-23(20)39(36-25)16-28(29,30)31)24-22(13-33-35-24)34-26(40)38-8-5-18(9-17-3-2-4-17)11-27(38)6-7-27/h10,12-13,17-19H,2-9,11,14-16H2,1H3,(H,33,35)(H,34,40). The molecule has 7 rings (SSSR count). The lowest BCUT2D eigenvalue weighted by molar-refractivity contribution is -0.141. The van der Waals surface area contributed by atoms with E-state index in [9.17, 15) is 18.0 Å². The van der Waals surface area contributed by atoms with Crippen LogP contribution in [0.1, 0.15) is 51.4 Å². The minimum absolute atomic E-state index is 0.0181. The number of aromatic amines is 1. The van der Waals surface area contributed by atoms with Crippen molar-refractivity contribution in [1.29, 1.82) is 0 Å². The van der Waals surface area contributed by atoms with Gasteiger partial charge in [-0.3, -0.25) is 14.8 Å². The third kappa shape index (κ3) is 5.02. The zero-order valence-corrected chi connectivity index (χ0v) is 23.1. The number of hydrogen-bond acceptors (Lipinski definition) is 6. The fourth-order valence-corrected chi connectivity index (χ4v) is 6.87. The largest absolute Gasteiger partial charge is 0.408 e. The van der Waals surface area contributed by atoms with E-state index in [1.165, 1.54) is 31.9 Å². The Labute approximate surface area is 235 Å². The molecule has 10 nitrogen and oxygen atoms in total. The topological polar surface area (TPSA) is 104 Å². The molecule has 2 N–H and O–H groups in total. The molecule has 1 spiro atoms. The van der Waals surface area contributed by atoms with Crippen molar-refractivity contribution in [3.8, 4) is 11.4 Å². The van der Waals surface area contributed by atoms with E-state index in [-0.39, 0.29) is 17.7 Å². The van der Waals surface area contributed by atoms with Crippen molar-refractivity contribution >= 4 is 28.4 Å². The van der Waals surface area contributed by atoms with Crippen LogP contribution in [0.2, 0.25) is 0 Å². The number of H-pyrrole nitrogens is 1. The normalized spacial score (nSPS) is 22.7. The van der Waals surface area contributed by atoms with Gasteiger partial charge in [0.25, 0.3) is 0 Å². The van der Waals surface area contributed by atoms with Crippen molar-refractivity contribution in [2.24, 2.45) is 11.8 Å². The molecule has 0 aromatic carbocycles. The molecule has 0 radical (unpaired) electrons. The highest BCUT2D eigenvalue weighted by Crippen LogP contribution is 2.52. The minimum Gasteiger partial charge on any atom is -0.378 e. The lowest BCUT2D eigenvalue weighted by Gasteiger charge is -2.42. The predicted octanol–water partition coefficient (Wildman–Crippen LogP) is 5.19. The van der Waals surface area contributed by atoms with Gasteiger partial charge in [0, 0.05) is 38.5 Å². The number of likely N-dealkylation sites (tertiary alicyclic amines) is 1. The monoisotopic (exact) mass is 572 g/mol. The van der Waals surface area contributed by atoms with Crippen molar-refractivity contribution < 1.29 is 22.7 Å². The number of carbonyl (C=O) groups excluding carboxylic acids is 1. The second kappa shape index (κ2) is 9.88. The zero-order chi connectivity index (χ0) is 28.4. The summed E-state index contributed by atoms with van der Waals surface area (Å²) in [6, 6.07) is 1.41. The summed E-state index contributed by atoms with van der Waals surface area (Å²) < 4.78 is 46.6. The van der Waals surface area contributed by atoms with E-state index >= 15 is 0 Å². The summed E-state index contributed by atoms with van der Waals surface area (Å²) in [5.41, 5.74) is 1.52. The maximum absolute atomic E-state index is 13.5. The number of anilines is 2. The predicted molar refractivity (Wildman–Crippen MR) is 147 cm³/mol. The molecule has 2 saturated heterocycles. The lowest BCUT2D eigenvalue weighted by Crippen LogP contribution is -2.52. The van der Waals surface area contributed by atoms with Gasteiger partial charge in [-0.05, 0) is 50.0 Å². The van der Waals surface area contributed by atoms with Gasteiger partial charge < -0.3 is 19.9 Å². The number of halogens is 3. The first-order valence-electron chi connectivity index (χ1n) is 14.5. The number of nitrogens with one attached hydrogen (secondary N) is 2. The number of nitrogens with zero attached hydrogens (tertiary/aromatic N) is 6. The Hall–Kier alpha value is -3.35. The number of alkyl halides is 3. The fraction of sp³-hybridized carbons (Fsp3) is 0.643. The number of urea groups is 1. The van der Waals surface area contributed by atoms with E-state index in [4.69, 9.17) is 4.74 Å². The SMILES string of the molecule is COC1CN(c2nn(CC(F)(F)F)c3cc(-c4[nH]ncc4NC(=O)N4CCC(CC5CCC5)CC45CC5)ncc23)C1. The molecule has 3 aromatic heterocycles. The molecule has 220 valence electrons. The van der Waals surface area contributed by atoms with Crippen LogP contribution in [0.5, 0.6) is 0 Å². The van der Waals surface area contributed by atoms with Crippen molar-refractivity contribution in [1.82, 2.24) is 29.9 Å². The van der Waals surface area contributed by atoms with Crippen molar-refractivity contribution in [3.05, 3.63) is 18.5 Å². The van der Waals surface area contributed by atoms with Gasteiger partial charge in [0.15, 0.2) is 5.82 Å². The van der Waals surface area contributed by atoms with Crippen molar-refractivity contribution in [2.75, 3.05) is 37.0 Å². The van der Waals surface area contributed by atoms with E-state index in [2.05, 4.69) is 25.6 Å². The van der Waals surface area contributed by atoms with Gasteiger partial charge in [-0.25, -0.2) is 4.79 Å². The third-order valence-corrected chi connectivity index (χ3v) is 9.53. The molecule has 4 aliphatic rings. The molecular weight excluding hydrogens is 537 g/mol. The average molecular weight is 573 g/mol. The van der Waals surface area contributed by atoms with Crippen molar-refractivity contribution in [2.45, 2.75) is 75.7 Å². The van der Waals surface area contributed by atoms with Gasteiger partial charge in [-0.1, -0.05) is 19.3 Å². The first kappa shape index (κ1) is 26.5. The molecule has 2 amide bonds. The highest BCUT2D eigenvalue weighted by molar-refractivity contribution is 5.96. The van der Waals surface area contributed by atoms with Gasteiger partial charge >= 0.3 is 12.2 Å². The Morgan fingerprint density at radius 2 is 2.00 bits per heavy atom. The first-order chi connectivity index (χ1) is 19.7. The summed E-state index contributed by atoms with van der Waals surface area (Å²) >= 11 is 0. The highest BCUT2D eigenvalue weighted by atomic mass is 19.4. The molecule has 13 heteroatoms.